The number of fused-ring (bicyclic) bond motifs is 1. The number of rotatable bonds is 0. The van der Waals surface area contributed by atoms with Gasteiger partial charge >= 0.3 is 0 Å². The van der Waals surface area contributed by atoms with E-state index in [4.69, 9.17) is 0 Å². The number of nitrogens with zero attached hydrogens (tertiary/aromatic N) is 12. The van der Waals surface area contributed by atoms with Crippen LogP contribution in [0.4, 0.5) is 0 Å². The van der Waals surface area contributed by atoms with Crippen LogP contribution in [0.15, 0.2) is 0 Å². The Balaban J connectivity index is 0.000000136. The first-order valence-electron chi connectivity index (χ1n) is 35.3. The molecule has 0 N–H and O–H groups in total. The zero-order chi connectivity index (χ0) is 60.1. The smallest absolute Gasteiger partial charge is 0.0211 e. The third-order valence-corrected chi connectivity index (χ3v) is 24.0. The highest BCUT2D eigenvalue weighted by Crippen LogP contribution is 2.52. The van der Waals surface area contributed by atoms with Gasteiger partial charge in [0, 0.05) is 136 Å². The van der Waals surface area contributed by atoms with E-state index in [9.17, 15) is 0 Å². The second-order valence-corrected chi connectivity index (χ2v) is 35.3. The molecule has 0 aromatic rings. The van der Waals surface area contributed by atoms with E-state index in [0.29, 0.717) is 0 Å². The Bertz CT molecular complexity index is 1640. The highest BCUT2D eigenvalue weighted by molar-refractivity contribution is 5.05. The second kappa shape index (κ2) is 30.3. The molecule has 0 aromatic heterocycles. The summed E-state index contributed by atoms with van der Waals surface area (Å²) in [6, 6.07) is 0. The SMILES string of the molecule is C.CC1CC2(C1)CN(C)C2.CC1CC2(C1)CN(C)C2.CC1CCC2(CC1)CN(C)C2.CC1CCN(C)CC1.CC1CN(C)C1.CN1CC2(C1)CN(C)C2.CN1CC2CN(C)CC2C1.CN1CCC2(CC1)CN(C)C2.C[C@H]1CCC2(C1)CN(C)C2. The van der Waals surface area contributed by atoms with Crippen molar-refractivity contribution in [3.63, 3.8) is 0 Å². The van der Waals surface area contributed by atoms with Gasteiger partial charge in [-0.1, -0.05) is 68.2 Å². The largest absolute Gasteiger partial charge is 0.306 e. The Kier molecular flexibility index (Phi) is 25.6. The molecule has 0 radical (unpaired) electrons. The quantitative estimate of drug-likeness (QED) is 0.232. The molecule has 12 aliphatic heterocycles. The zero-order valence-corrected chi connectivity index (χ0v) is 58.6. The fourth-order valence-corrected chi connectivity index (χ4v) is 20.7. The minimum Gasteiger partial charge on any atom is -0.306 e. The van der Waals surface area contributed by atoms with Crippen molar-refractivity contribution in [2.24, 2.45) is 79.8 Å². The van der Waals surface area contributed by atoms with Crippen LogP contribution in [0.3, 0.4) is 0 Å². The molecule has 492 valence electrons. The number of hydrogen-bond donors (Lipinski definition) is 0. The summed E-state index contributed by atoms with van der Waals surface area (Å²) in [5.41, 5.74) is 4.67. The maximum absolute atomic E-state index is 2.46. The number of piperidine rings is 2. The van der Waals surface area contributed by atoms with Gasteiger partial charge in [-0.2, -0.15) is 0 Å². The Labute approximate surface area is 523 Å². The maximum atomic E-state index is 2.46. The summed E-state index contributed by atoms with van der Waals surface area (Å²) in [6.07, 6.45) is 22.1. The van der Waals surface area contributed by atoms with E-state index in [2.05, 4.69) is 185 Å². The number of likely N-dealkylation sites (tertiary alicyclic amines) is 12. The van der Waals surface area contributed by atoms with E-state index in [1.807, 2.05) is 0 Å². The van der Waals surface area contributed by atoms with E-state index in [-0.39, 0.29) is 7.43 Å². The molecule has 12 heterocycles. The maximum Gasteiger partial charge on any atom is 0.0211 e. The molecule has 16 rings (SSSR count). The Morgan fingerprint density at radius 1 is 0.214 bits per heavy atom. The molecule has 6 spiro atoms. The lowest BCUT2D eigenvalue weighted by molar-refractivity contribution is -0.0926. The summed E-state index contributed by atoms with van der Waals surface area (Å²) in [5, 5.41) is 0. The Hall–Kier alpha value is -0.480. The first-order chi connectivity index (χ1) is 39.0. The van der Waals surface area contributed by atoms with Crippen molar-refractivity contribution in [3.8, 4) is 0 Å². The van der Waals surface area contributed by atoms with Crippen molar-refractivity contribution in [3.05, 3.63) is 0 Å². The fourth-order valence-electron chi connectivity index (χ4n) is 20.7. The van der Waals surface area contributed by atoms with Gasteiger partial charge in [0.05, 0.1) is 0 Å². The number of hydrogen-bond acceptors (Lipinski definition) is 12. The van der Waals surface area contributed by atoms with Gasteiger partial charge in [0.1, 0.15) is 0 Å². The van der Waals surface area contributed by atoms with Gasteiger partial charge in [0.15, 0.2) is 0 Å². The van der Waals surface area contributed by atoms with Gasteiger partial charge in [-0.3, -0.25) is 0 Å². The summed E-state index contributed by atoms with van der Waals surface area (Å²) in [6.45, 7) is 46.3. The molecule has 84 heavy (non-hydrogen) atoms. The monoisotopic (exact) mass is 1180 g/mol. The van der Waals surface area contributed by atoms with Gasteiger partial charge in [-0.15, -0.1) is 0 Å². The van der Waals surface area contributed by atoms with Gasteiger partial charge < -0.3 is 58.8 Å². The van der Waals surface area contributed by atoms with Gasteiger partial charge in [-0.05, 0) is 262 Å². The van der Waals surface area contributed by atoms with Crippen molar-refractivity contribution in [2.75, 3.05) is 242 Å². The molecular weight excluding hydrogens is 1030 g/mol. The lowest BCUT2D eigenvalue weighted by Gasteiger charge is -2.58. The molecule has 12 saturated heterocycles. The molecule has 16 aliphatic rings. The molecule has 4 aliphatic carbocycles. The van der Waals surface area contributed by atoms with Crippen LogP contribution < -0.4 is 0 Å². The summed E-state index contributed by atoms with van der Waals surface area (Å²) in [7, 11) is 26.6. The van der Waals surface area contributed by atoms with Crippen LogP contribution in [0.1, 0.15) is 145 Å². The normalized spacial score (nSPS) is 34.7. The standard InChI is InChI=1S/C10H19N.C9H18N2.C9H17N.C8H16N2.2C8H15N.C7H14N2.C7H15N.C5H11N.CH4/c1-9-3-5-10(6-4-9)7-11(2)8-10;1-10-5-3-9(4-6-10)7-11(2)8-9;1-8-3-4-9(5-8)6-10(2)7-9;1-9-3-7-5-10(2)6-8(7)4-9;2*1-7-3-8(4-7)5-9(2)6-8;1-8-3-7(4-8)5-9(2)6-7;1-7-3-5-8(2)6-4-7;1-5-3-6(2)4-5;/h9H,3-8H2,1-2H3;3-8H2,1-2H3;8H,3-7H2,1-2H3;7-8H,3-6H2,1-2H3;2*7H,3-6H2,1-2H3;3-6H2,1-2H3;7H,3-6H2,1-2H3;5H,3-4H2,1-2H3;1H4/t;;8-;;;;;;;/m..0......./s1. The summed E-state index contributed by atoms with van der Waals surface area (Å²) in [5.74, 6) is 7.98. The molecule has 0 amide bonds. The molecule has 16 fully saturated rings. The van der Waals surface area contributed by atoms with Gasteiger partial charge in [-0.25, -0.2) is 0 Å². The van der Waals surface area contributed by atoms with Crippen molar-refractivity contribution >= 4 is 0 Å². The minimum atomic E-state index is 0. The average molecular weight is 1180 g/mol. The van der Waals surface area contributed by atoms with Crippen LogP contribution in [0.2, 0.25) is 0 Å². The molecule has 0 aromatic carbocycles. The van der Waals surface area contributed by atoms with E-state index in [0.717, 1.165) is 79.8 Å². The summed E-state index contributed by atoms with van der Waals surface area (Å²) in [4.78, 5) is 29.1. The van der Waals surface area contributed by atoms with Crippen LogP contribution in [0.5, 0.6) is 0 Å². The molecule has 1 atom stereocenters. The topological polar surface area (TPSA) is 38.9 Å². The first-order valence-corrected chi connectivity index (χ1v) is 35.3. The minimum absolute atomic E-state index is 0. The zero-order valence-electron chi connectivity index (χ0n) is 58.6. The predicted octanol–water partition coefficient (Wildman–Crippen LogP) is 9.73. The van der Waals surface area contributed by atoms with Crippen LogP contribution in [0, 0.1) is 79.8 Å². The predicted molar refractivity (Wildman–Crippen MR) is 363 cm³/mol. The van der Waals surface area contributed by atoms with E-state index in [1.54, 1.807) is 0 Å². The second-order valence-electron chi connectivity index (χ2n) is 35.3. The lowest BCUT2D eigenvalue weighted by atomic mass is 9.58. The highest BCUT2D eigenvalue weighted by atomic mass is 15.3. The molecule has 12 heteroatoms. The van der Waals surface area contributed by atoms with E-state index in [1.165, 1.54) is 253 Å². The summed E-state index contributed by atoms with van der Waals surface area (Å²) >= 11 is 0. The van der Waals surface area contributed by atoms with E-state index < -0.39 is 0 Å². The fraction of sp³-hybridized carbons (Fsp3) is 1.00. The van der Waals surface area contributed by atoms with Crippen molar-refractivity contribution in [1.29, 1.82) is 0 Å². The van der Waals surface area contributed by atoms with Crippen molar-refractivity contribution < 1.29 is 0 Å². The van der Waals surface area contributed by atoms with Crippen LogP contribution in [0.25, 0.3) is 0 Å². The summed E-state index contributed by atoms with van der Waals surface area (Å²) < 4.78 is 0. The molecule has 4 saturated carbocycles. The van der Waals surface area contributed by atoms with E-state index >= 15 is 0 Å². The van der Waals surface area contributed by atoms with Crippen LogP contribution in [-0.4, -0.2) is 300 Å². The van der Waals surface area contributed by atoms with Gasteiger partial charge in [0.25, 0.3) is 0 Å². The Morgan fingerprint density at radius 2 is 0.476 bits per heavy atom. The van der Waals surface area contributed by atoms with Crippen LogP contribution >= 0.6 is 0 Å². The average Bonchev–Trinajstić information content (AvgIpc) is 2.61. The van der Waals surface area contributed by atoms with Crippen molar-refractivity contribution in [2.45, 2.75) is 145 Å². The van der Waals surface area contributed by atoms with Gasteiger partial charge in [0.2, 0.25) is 0 Å². The third kappa shape index (κ3) is 20.0. The molecular formula is C72H144N12. The highest BCUT2D eigenvalue weighted by Gasteiger charge is 2.51. The third-order valence-electron chi connectivity index (χ3n) is 24.0. The van der Waals surface area contributed by atoms with Crippen LogP contribution in [-0.2, 0) is 0 Å². The molecule has 0 unspecified atom stereocenters. The lowest BCUT2D eigenvalue weighted by Crippen LogP contribution is -2.70. The van der Waals surface area contributed by atoms with Crippen molar-refractivity contribution in [1.82, 2.24) is 58.8 Å². The molecule has 0 bridgehead atoms. The Morgan fingerprint density at radius 3 is 0.762 bits per heavy atom. The molecule has 12 nitrogen and oxygen atoms in total. The first kappa shape index (κ1) is 71.0.